The van der Waals surface area contributed by atoms with E-state index in [4.69, 9.17) is 0 Å². The summed E-state index contributed by atoms with van der Waals surface area (Å²) in [5, 5.41) is 15.9. The minimum atomic E-state index is 0.578. The Kier molecular flexibility index (Phi) is 6.23. The maximum atomic E-state index is 4.54. The molecule has 0 fully saturated rings. The first kappa shape index (κ1) is 20.8. The standard InChI is InChI=1S/C26H21BrN4S/c27-21-15-13-19(14-16-21)18-32-26-30-29-25(31(26)22-9-2-1-3-10-22)17-28-24-12-6-8-20-7-4-5-11-23(20)24/h1-16,28H,17-18H2. The average Bonchev–Trinajstić information content (AvgIpc) is 3.25. The van der Waals surface area contributed by atoms with Gasteiger partial charge in [-0.25, -0.2) is 0 Å². The highest BCUT2D eigenvalue weighted by Gasteiger charge is 2.15. The summed E-state index contributed by atoms with van der Waals surface area (Å²) in [6.45, 7) is 0.578. The Hall–Kier alpha value is -3.09. The largest absolute Gasteiger partial charge is 0.377 e. The summed E-state index contributed by atoms with van der Waals surface area (Å²) in [5.74, 6) is 1.71. The number of hydrogen-bond acceptors (Lipinski definition) is 4. The molecule has 0 saturated heterocycles. The molecule has 0 amide bonds. The van der Waals surface area contributed by atoms with Crippen LogP contribution < -0.4 is 5.32 Å². The summed E-state index contributed by atoms with van der Waals surface area (Å²) in [5.41, 5.74) is 3.40. The highest BCUT2D eigenvalue weighted by molar-refractivity contribution is 9.10. The van der Waals surface area contributed by atoms with Gasteiger partial charge in [-0.15, -0.1) is 10.2 Å². The molecule has 0 aliphatic rings. The number of halogens is 1. The van der Waals surface area contributed by atoms with Crippen molar-refractivity contribution in [2.24, 2.45) is 0 Å². The molecule has 0 aliphatic carbocycles. The normalized spacial score (nSPS) is 11.0. The highest BCUT2D eigenvalue weighted by atomic mass is 79.9. The molecule has 0 bridgehead atoms. The van der Waals surface area contributed by atoms with Crippen LogP contribution in [0.1, 0.15) is 11.4 Å². The SMILES string of the molecule is Brc1ccc(CSc2nnc(CNc3cccc4ccccc34)n2-c2ccccc2)cc1. The van der Waals surface area contributed by atoms with Gasteiger partial charge in [0.05, 0.1) is 6.54 Å². The molecule has 0 unspecified atom stereocenters. The number of aromatic nitrogens is 3. The van der Waals surface area contributed by atoms with E-state index in [0.29, 0.717) is 6.54 Å². The Morgan fingerprint density at radius 2 is 1.53 bits per heavy atom. The first-order valence-electron chi connectivity index (χ1n) is 10.4. The van der Waals surface area contributed by atoms with Gasteiger partial charge in [0.25, 0.3) is 0 Å². The second-order valence-corrected chi connectivity index (χ2v) is 9.22. The fourth-order valence-corrected chi connectivity index (χ4v) is 4.82. The van der Waals surface area contributed by atoms with E-state index in [-0.39, 0.29) is 0 Å². The Morgan fingerprint density at radius 1 is 0.781 bits per heavy atom. The van der Waals surface area contributed by atoms with Crippen molar-refractivity contribution in [3.63, 3.8) is 0 Å². The van der Waals surface area contributed by atoms with Crippen LogP contribution in [0.5, 0.6) is 0 Å². The van der Waals surface area contributed by atoms with Gasteiger partial charge in [-0.1, -0.05) is 94.4 Å². The number of rotatable bonds is 7. The molecule has 0 aliphatic heterocycles. The number of hydrogen-bond donors (Lipinski definition) is 1. The van der Waals surface area contributed by atoms with Gasteiger partial charge in [0.1, 0.15) is 0 Å². The van der Waals surface area contributed by atoms with E-state index in [1.165, 1.54) is 16.3 Å². The van der Waals surface area contributed by atoms with Crippen molar-refractivity contribution in [3.05, 3.63) is 113 Å². The van der Waals surface area contributed by atoms with Crippen LogP contribution in [-0.2, 0) is 12.3 Å². The van der Waals surface area contributed by atoms with Crippen LogP contribution >= 0.6 is 27.7 Å². The van der Waals surface area contributed by atoms with Crippen molar-refractivity contribution in [2.75, 3.05) is 5.32 Å². The molecule has 1 N–H and O–H groups in total. The van der Waals surface area contributed by atoms with Crippen molar-refractivity contribution in [1.29, 1.82) is 0 Å². The molecule has 4 aromatic carbocycles. The number of para-hydroxylation sites is 1. The Bertz CT molecular complexity index is 1330. The number of fused-ring (bicyclic) bond motifs is 1. The quantitative estimate of drug-likeness (QED) is 0.242. The van der Waals surface area contributed by atoms with E-state index >= 15 is 0 Å². The topological polar surface area (TPSA) is 42.7 Å². The smallest absolute Gasteiger partial charge is 0.196 e. The van der Waals surface area contributed by atoms with Crippen molar-refractivity contribution in [3.8, 4) is 5.69 Å². The number of thioether (sulfide) groups is 1. The molecule has 158 valence electrons. The lowest BCUT2D eigenvalue weighted by Crippen LogP contribution is -2.08. The average molecular weight is 501 g/mol. The number of nitrogens with zero attached hydrogens (tertiary/aromatic N) is 3. The minimum absolute atomic E-state index is 0.578. The fraction of sp³-hybridized carbons (Fsp3) is 0.0769. The van der Waals surface area contributed by atoms with Gasteiger partial charge < -0.3 is 5.32 Å². The first-order chi connectivity index (χ1) is 15.8. The summed E-state index contributed by atoms with van der Waals surface area (Å²) < 4.78 is 3.22. The van der Waals surface area contributed by atoms with Crippen LogP contribution in [0.2, 0.25) is 0 Å². The number of benzene rings is 4. The lowest BCUT2D eigenvalue weighted by atomic mass is 10.1. The summed E-state index contributed by atoms with van der Waals surface area (Å²) in [4.78, 5) is 0. The van der Waals surface area contributed by atoms with E-state index < -0.39 is 0 Å². The monoisotopic (exact) mass is 500 g/mol. The van der Waals surface area contributed by atoms with Gasteiger partial charge >= 0.3 is 0 Å². The van der Waals surface area contributed by atoms with Crippen LogP contribution in [-0.4, -0.2) is 14.8 Å². The maximum Gasteiger partial charge on any atom is 0.196 e. The zero-order valence-electron chi connectivity index (χ0n) is 17.3. The number of nitrogens with one attached hydrogen (secondary N) is 1. The summed E-state index contributed by atoms with van der Waals surface area (Å²) in [7, 11) is 0. The van der Waals surface area contributed by atoms with Crippen LogP contribution in [0.25, 0.3) is 16.5 Å². The highest BCUT2D eigenvalue weighted by Crippen LogP contribution is 2.27. The molecule has 1 heterocycles. The zero-order valence-corrected chi connectivity index (χ0v) is 19.7. The molecule has 6 heteroatoms. The van der Waals surface area contributed by atoms with Crippen LogP contribution in [0, 0.1) is 0 Å². The summed E-state index contributed by atoms with van der Waals surface area (Å²) >= 11 is 5.19. The molecule has 0 radical (unpaired) electrons. The molecule has 5 rings (SSSR count). The maximum absolute atomic E-state index is 4.54. The fourth-order valence-electron chi connectivity index (χ4n) is 3.63. The molecular weight excluding hydrogens is 480 g/mol. The second-order valence-electron chi connectivity index (χ2n) is 7.37. The van der Waals surface area contributed by atoms with Crippen LogP contribution in [0.15, 0.2) is 107 Å². The molecular formula is C26H21BrN4S. The lowest BCUT2D eigenvalue weighted by Gasteiger charge is -2.13. The third kappa shape index (κ3) is 4.56. The van der Waals surface area contributed by atoms with Crippen LogP contribution in [0.4, 0.5) is 5.69 Å². The molecule has 4 nitrogen and oxygen atoms in total. The Labute approximate surface area is 199 Å². The van der Waals surface area contributed by atoms with Crippen molar-refractivity contribution >= 4 is 44.2 Å². The Balaban J connectivity index is 1.42. The van der Waals surface area contributed by atoms with Gasteiger partial charge in [-0.05, 0) is 41.3 Å². The van der Waals surface area contributed by atoms with Gasteiger partial charge in [0, 0.05) is 27.0 Å². The van der Waals surface area contributed by atoms with E-state index in [0.717, 1.165) is 32.6 Å². The van der Waals surface area contributed by atoms with E-state index in [9.17, 15) is 0 Å². The number of anilines is 1. The van der Waals surface area contributed by atoms with Gasteiger partial charge in [0.2, 0.25) is 0 Å². The minimum Gasteiger partial charge on any atom is -0.377 e. The van der Waals surface area contributed by atoms with E-state index in [1.807, 2.05) is 18.2 Å². The zero-order chi connectivity index (χ0) is 21.8. The molecule has 0 atom stereocenters. The Morgan fingerprint density at radius 3 is 2.38 bits per heavy atom. The molecule has 32 heavy (non-hydrogen) atoms. The van der Waals surface area contributed by atoms with Crippen LogP contribution in [0.3, 0.4) is 0 Å². The first-order valence-corrected chi connectivity index (χ1v) is 12.1. The predicted octanol–water partition coefficient (Wildman–Crippen LogP) is 7.09. The van der Waals surface area contributed by atoms with Gasteiger partial charge in [-0.2, -0.15) is 0 Å². The third-order valence-electron chi connectivity index (χ3n) is 5.22. The molecule has 0 saturated carbocycles. The van der Waals surface area contributed by atoms with E-state index in [1.54, 1.807) is 11.8 Å². The van der Waals surface area contributed by atoms with Gasteiger partial charge in [0.15, 0.2) is 11.0 Å². The summed E-state index contributed by atoms with van der Waals surface area (Å²) in [6.07, 6.45) is 0. The van der Waals surface area contributed by atoms with E-state index in [2.05, 4.69) is 115 Å². The predicted molar refractivity (Wildman–Crippen MR) is 136 cm³/mol. The lowest BCUT2D eigenvalue weighted by molar-refractivity contribution is 0.841. The molecule has 1 aromatic heterocycles. The molecule has 0 spiro atoms. The second kappa shape index (κ2) is 9.59. The third-order valence-corrected chi connectivity index (χ3v) is 6.75. The van der Waals surface area contributed by atoms with Crippen molar-refractivity contribution in [1.82, 2.24) is 14.8 Å². The summed E-state index contributed by atoms with van der Waals surface area (Å²) in [6, 6.07) is 33.4. The van der Waals surface area contributed by atoms with Crippen molar-refractivity contribution in [2.45, 2.75) is 17.5 Å². The molecule has 5 aromatic rings. The van der Waals surface area contributed by atoms with Gasteiger partial charge in [-0.3, -0.25) is 4.57 Å². The van der Waals surface area contributed by atoms with Crippen molar-refractivity contribution < 1.29 is 0 Å².